The molecule has 0 unspecified atom stereocenters. The molecule has 3 aromatic carbocycles. The van der Waals surface area contributed by atoms with E-state index in [4.69, 9.17) is 19.9 Å². The van der Waals surface area contributed by atoms with Crippen LogP contribution in [0.4, 0.5) is 0 Å². The van der Waals surface area contributed by atoms with Crippen LogP contribution in [0.2, 0.25) is 0 Å². The molecule has 0 radical (unpaired) electrons. The molecule has 268 valence electrons. The van der Waals surface area contributed by atoms with Gasteiger partial charge in [0.25, 0.3) is 10.0 Å². The minimum absolute atomic E-state index is 0. The number of ketones is 2. The molecule has 50 heavy (non-hydrogen) atoms. The molecule has 15 nitrogen and oxygen atoms in total. The van der Waals surface area contributed by atoms with Crippen molar-refractivity contribution in [2.75, 3.05) is 13.7 Å². The summed E-state index contributed by atoms with van der Waals surface area (Å²) >= 11 is 0. The lowest BCUT2D eigenvalue weighted by Gasteiger charge is -2.43. The third-order valence-corrected chi connectivity index (χ3v) is 10.4. The van der Waals surface area contributed by atoms with Crippen molar-refractivity contribution >= 4 is 39.7 Å². The molecular weight excluding hydrogens is 698 g/mol. The first-order valence-corrected chi connectivity index (χ1v) is 16.8. The second kappa shape index (κ2) is 13.9. The first-order chi connectivity index (χ1) is 23.2. The Bertz CT molecular complexity index is 1960. The van der Waals surface area contributed by atoms with Crippen LogP contribution in [0.1, 0.15) is 68.8 Å². The molecule has 0 aromatic heterocycles. The van der Waals surface area contributed by atoms with Gasteiger partial charge < -0.3 is 45.5 Å². The van der Waals surface area contributed by atoms with Gasteiger partial charge in [-0.25, -0.2) is 0 Å². The number of aromatic hydroxyl groups is 2. The zero-order valence-electron chi connectivity index (χ0n) is 26.8. The molecule has 3 aliphatic rings. The number of aliphatic hydroxyl groups excluding tert-OH is 2. The number of nitrogens with one attached hydrogen (secondary N) is 1. The molecule has 0 saturated carbocycles. The number of fused-ring (bicyclic) bond motifs is 3. The number of halogens is 1. The fourth-order valence-electron chi connectivity index (χ4n) is 6.66. The van der Waals surface area contributed by atoms with E-state index >= 15 is 0 Å². The van der Waals surface area contributed by atoms with Gasteiger partial charge in [0, 0.05) is 42.0 Å². The second-order valence-corrected chi connectivity index (χ2v) is 13.9. The lowest BCUT2D eigenvalue weighted by molar-refractivity contribution is -0.245. The van der Waals surface area contributed by atoms with Crippen molar-refractivity contribution in [2.45, 2.75) is 67.3 Å². The van der Waals surface area contributed by atoms with Crippen LogP contribution < -0.4 is 15.3 Å². The zero-order chi connectivity index (χ0) is 35.4. The van der Waals surface area contributed by atoms with E-state index in [0.717, 1.165) is 0 Å². The number of rotatable bonds is 8. The number of ether oxygens (including phenoxy) is 3. The maximum absolute atomic E-state index is 13.9. The van der Waals surface area contributed by atoms with E-state index in [2.05, 4.69) is 5.10 Å². The van der Waals surface area contributed by atoms with Crippen LogP contribution in [0, 0.1) is 0 Å². The average molecular weight is 734 g/mol. The number of benzene rings is 3. The van der Waals surface area contributed by atoms with Gasteiger partial charge in [0.05, 0.1) is 59.3 Å². The van der Waals surface area contributed by atoms with Crippen molar-refractivity contribution in [3.63, 3.8) is 0 Å². The number of sulfonamides is 1. The first kappa shape index (κ1) is 37.1. The number of carbonyl (C=O) groups is 2. The van der Waals surface area contributed by atoms with Crippen LogP contribution in [0.5, 0.6) is 17.2 Å². The average Bonchev–Trinajstić information content (AvgIpc) is 3.07. The number of phenolic OH excluding ortho intramolecular Hbond substituents is 2. The van der Waals surface area contributed by atoms with Crippen molar-refractivity contribution in [3.05, 3.63) is 81.9 Å². The van der Waals surface area contributed by atoms with E-state index in [0.29, 0.717) is 0 Å². The smallest absolute Gasteiger partial charge is 0.276 e. The predicted octanol–water partition coefficient (Wildman–Crippen LogP) is 1.19. The predicted molar refractivity (Wildman–Crippen MR) is 178 cm³/mol. The van der Waals surface area contributed by atoms with E-state index in [1.54, 1.807) is 13.0 Å². The summed E-state index contributed by atoms with van der Waals surface area (Å²) in [6.07, 6.45) is -5.51. The molecule has 1 saturated heterocycles. The largest absolute Gasteiger partial charge is 0.507 e. The maximum Gasteiger partial charge on any atom is 0.276 e. The Labute approximate surface area is 292 Å². The Morgan fingerprint density at radius 1 is 1.06 bits per heavy atom. The van der Waals surface area contributed by atoms with Gasteiger partial charge in [0.1, 0.15) is 22.8 Å². The van der Waals surface area contributed by atoms with Gasteiger partial charge in [-0.1, -0.05) is 30.3 Å². The van der Waals surface area contributed by atoms with E-state index in [1.807, 2.05) is 4.83 Å². The first-order valence-electron chi connectivity index (χ1n) is 15.3. The van der Waals surface area contributed by atoms with Gasteiger partial charge in [-0.3, -0.25) is 9.59 Å². The molecule has 1 aliphatic heterocycles. The van der Waals surface area contributed by atoms with Gasteiger partial charge in [-0.05, 0) is 25.1 Å². The summed E-state index contributed by atoms with van der Waals surface area (Å²) in [4.78, 5) is 29.6. The lowest BCUT2D eigenvalue weighted by atomic mass is 9.71. The normalized spacial score (nSPS) is 26.3. The Kier molecular flexibility index (Phi) is 10.3. The van der Waals surface area contributed by atoms with Gasteiger partial charge in [0.15, 0.2) is 12.1 Å². The third-order valence-electron chi connectivity index (χ3n) is 9.18. The zero-order valence-corrected chi connectivity index (χ0v) is 28.4. The number of nitrogens with two attached hydrogens (primary N) is 1. The van der Waals surface area contributed by atoms with Crippen molar-refractivity contribution in [2.24, 2.45) is 10.8 Å². The summed E-state index contributed by atoms with van der Waals surface area (Å²) < 4.78 is 43.2. The van der Waals surface area contributed by atoms with Crippen LogP contribution in [-0.4, -0.2) is 95.1 Å². The molecule has 0 bridgehead atoms. The number of carbonyl (C=O) groups excluding carboxylic acids is 2. The summed E-state index contributed by atoms with van der Waals surface area (Å²) in [5.74, 6) is -2.99. The second-order valence-electron chi connectivity index (χ2n) is 12.2. The van der Waals surface area contributed by atoms with Crippen LogP contribution >= 0.6 is 12.4 Å². The summed E-state index contributed by atoms with van der Waals surface area (Å²) in [7, 11) is -2.94. The fraction of sp³-hybridized carbons (Fsp3) is 0.364. The molecule has 6 rings (SSSR count). The number of hydrogen-bond acceptors (Lipinski definition) is 14. The molecule has 17 heteroatoms. The molecule has 3 aromatic rings. The number of aliphatic hydroxyl groups is 3. The minimum Gasteiger partial charge on any atom is -0.507 e. The molecular formula is C33H36ClN3O12S. The van der Waals surface area contributed by atoms with E-state index < -0.39 is 106 Å². The highest BCUT2D eigenvalue weighted by molar-refractivity contribution is 7.89. The highest BCUT2D eigenvalue weighted by Gasteiger charge is 2.49. The standard InChI is InChI=1S/C33H35N3O12S.ClH/c1-15-28(38)19(34)11-23(47-15)48-21-13-33(43,22(14-37)35-36-49(44,45)16-7-4-3-5-8-16)12-18-25(21)32(42)27-26(30(18)40)29(39)17-9-6-10-20(46-2)24(17)31(27)41;/h3-10,15,19,21,23,28,36-38,40,42-43H,11-14,34H2,1-2H3;1H/b35-22+;/t15-,19-,21-,23-,28+,33-;/m0./s1. The van der Waals surface area contributed by atoms with Crippen LogP contribution in [0.3, 0.4) is 0 Å². The number of nitrogens with zero attached hydrogens (tertiary/aromatic N) is 1. The minimum atomic E-state index is -4.25. The monoisotopic (exact) mass is 733 g/mol. The molecule has 0 amide bonds. The van der Waals surface area contributed by atoms with Crippen LogP contribution in [0.15, 0.2) is 58.5 Å². The van der Waals surface area contributed by atoms with Gasteiger partial charge in [0.2, 0.25) is 5.78 Å². The Morgan fingerprint density at radius 2 is 1.74 bits per heavy atom. The van der Waals surface area contributed by atoms with Crippen molar-refractivity contribution in [3.8, 4) is 17.2 Å². The highest BCUT2D eigenvalue weighted by Crippen LogP contribution is 2.52. The molecule has 0 spiro atoms. The van der Waals surface area contributed by atoms with Gasteiger partial charge >= 0.3 is 0 Å². The van der Waals surface area contributed by atoms with Crippen LogP contribution in [0.25, 0.3) is 0 Å². The Hall–Kier alpha value is -4.13. The van der Waals surface area contributed by atoms with Gasteiger partial charge in [-0.15, -0.1) is 12.4 Å². The Balaban J connectivity index is 0.00000486. The van der Waals surface area contributed by atoms with E-state index in [1.165, 1.54) is 49.6 Å². The van der Waals surface area contributed by atoms with E-state index in [-0.39, 0.29) is 51.7 Å². The summed E-state index contributed by atoms with van der Waals surface area (Å²) in [5.41, 5.74) is 1.76. The van der Waals surface area contributed by atoms with Crippen LogP contribution in [-0.2, 0) is 25.9 Å². The summed E-state index contributed by atoms with van der Waals surface area (Å²) in [6, 6.07) is 10.8. The molecule has 8 N–H and O–H groups in total. The van der Waals surface area contributed by atoms with Crippen molar-refractivity contribution < 1.29 is 57.8 Å². The van der Waals surface area contributed by atoms with Gasteiger partial charge in [-0.2, -0.15) is 18.4 Å². The third kappa shape index (κ3) is 6.22. The Morgan fingerprint density at radius 3 is 2.38 bits per heavy atom. The highest BCUT2D eigenvalue weighted by atomic mass is 35.5. The quantitative estimate of drug-likeness (QED) is 0.0765. The van der Waals surface area contributed by atoms with Crippen molar-refractivity contribution in [1.29, 1.82) is 0 Å². The SMILES string of the molecule is COc1cccc2c1C(=O)c1c(O)c3c(c(O)c1C2=O)C[C@@](O)(/C(CO)=N/NS(=O)(=O)c1ccccc1)C[C@@H]3O[C@H]1C[C@H](N)[C@H](O)[C@H](C)O1.Cl. The lowest BCUT2D eigenvalue weighted by Crippen LogP contribution is -2.53. The summed E-state index contributed by atoms with van der Waals surface area (Å²) in [5, 5.41) is 60.1. The molecule has 1 fully saturated rings. The number of hydrazone groups is 1. The molecule has 1 heterocycles. The maximum atomic E-state index is 13.9. The molecule has 2 aliphatic carbocycles. The summed E-state index contributed by atoms with van der Waals surface area (Å²) in [6.45, 7) is 0.599. The number of phenols is 2. The topological polar surface area (TPSA) is 248 Å². The van der Waals surface area contributed by atoms with E-state index in [9.17, 15) is 43.5 Å². The van der Waals surface area contributed by atoms with Crippen molar-refractivity contribution in [1.82, 2.24) is 4.83 Å². The number of methoxy groups -OCH3 is 1. The number of hydrogen-bond donors (Lipinski definition) is 7. The molecule has 6 atom stereocenters. The fourth-order valence-corrected chi connectivity index (χ4v) is 7.52.